The summed E-state index contributed by atoms with van der Waals surface area (Å²) in [7, 11) is -7.93. The monoisotopic (exact) mass is 531 g/mol. The van der Waals surface area contributed by atoms with Crippen LogP contribution in [0, 0.1) is 13.8 Å². The van der Waals surface area contributed by atoms with Crippen LogP contribution in [0.15, 0.2) is 93.1 Å². The lowest BCUT2D eigenvalue weighted by Gasteiger charge is -2.31. The molecule has 0 radical (unpaired) electrons. The number of nitrogens with zero attached hydrogens (tertiary/aromatic N) is 3. The molecule has 1 heterocycles. The molecule has 1 fully saturated rings. The molecule has 3 aromatic carbocycles. The lowest BCUT2D eigenvalue weighted by Crippen LogP contribution is -2.39. The predicted molar refractivity (Wildman–Crippen MR) is 137 cm³/mol. The van der Waals surface area contributed by atoms with E-state index in [0.717, 1.165) is 11.1 Å². The number of alkyl halides is 1. The van der Waals surface area contributed by atoms with E-state index in [0.29, 0.717) is 5.56 Å². The fraction of sp³-hybridized carbons (Fsp3) is 0.240. The molecule has 1 unspecified atom stereocenters. The Balaban J connectivity index is 1.78. The molecular weight excluding hydrogens is 506 g/mol. The molecule has 184 valence electrons. The number of halogens is 1. The molecule has 0 aromatic heterocycles. The summed E-state index contributed by atoms with van der Waals surface area (Å²) in [6.45, 7) is 4.13. The maximum Gasteiger partial charge on any atom is 0.283 e. The van der Waals surface area contributed by atoms with Crippen LogP contribution in [0.4, 0.5) is 0 Å². The zero-order chi connectivity index (χ0) is 25.2. The van der Waals surface area contributed by atoms with Crippen LogP contribution in [0.3, 0.4) is 0 Å². The highest BCUT2D eigenvalue weighted by Crippen LogP contribution is 2.36. The lowest BCUT2D eigenvalue weighted by molar-refractivity contribution is 0.284. The molecule has 1 saturated heterocycles. The van der Waals surface area contributed by atoms with Crippen LogP contribution < -0.4 is 0 Å². The molecule has 35 heavy (non-hydrogen) atoms. The van der Waals surface area contributed by atoms with Gasteiger partial charge >= 0.3 is 0 Å². The number of hydrogen-bond donors (Lipinski definition) is 0. The van der Waals surface area contributed by atoms with Crippen LogP contribution in [-0.4, -0.2) is 50.8 Å². The maximum atomic E-state index is 13.6. The number of sulfonamides is 2. The maximum absolute atomic E-state index is 13.6. The fourth-order valence-corrected chi connectivity index (χ4v) is 6.89. The van der Waals surface area contributed by atoms with Gasteiger partial charge in [-0.3, -0.25) is 0 Å². The molecule has 3 aromatic rings. The van der Waals surface area contributed by atoms with Crippen molar-refractivity contribution in [3.05, 3.63) is 95.6 Å². The third kappa shape index (κ3) is 5.28. The zero-order valence-electron chi connectivity index (χ0n) is 19.4. The summed E-state index contributed by atoms with van der Waals surface area (Å²) in [6.07, 6.45) is -0.798. The van der Waals surface area contributed by atoms with Crippen LogP contribution >= 0.6 is 11.6 Å². The van der Waals surface area contributed by atoms with Crippen molar-refractivity contribution in [2.75, 3.05) is 19.0 Å². The van der Waals surface area contributed by atoms with Gasteiger partial charge in [-0.1, -0.05) is 65.7 Å². The Morgan fingerprint density at radius 3 is 1.91 bits per heavy atom. The van der Waals surface area contributed by atoms with E-state index in [-0.39, 0.29) is 34.6 Å². The Bertz CT molecular complexity index is 1420. The van der Waals surface area contributed by atoms with Crippen molar-refractivity contribution in [2.24, 2.45) is 4.40 Å². The fourth-order valence-electron chi connectivity index (χ4n) is 4.00. The van der Waals surface area contributed by atoms with Crippen LogP contribution in [0.1, 0.15) is 22.9 Å². The molecule has 0 bridgehead atoms. The van der Waals surface area contributed by atoms with Crippen molar-refractivity contribution in [3.8, 4) is 0 Å². The van der Waals surface area contributed by atoms with Gasteiger partial charge < -0.3 is 4.90 Å². The second-order valence-electron chi connectivity index (χ2n) is 8.34. The van der Waals surface area contributed by atoms with E-state index in [1.807, 2.05) is 32.0 Å². The van der Waals surface area contributed by atoms with Crippen molar-refractivity contribution >= 4 is 37.5 Å². The number of rotatable bonds is 6. The third-order valence-corrected chi connectivity index (χ3v) is 9.28. The first-order chi connectivity index (χ1) is 16.6. The SMILES string of the molecule is Cc1ccc(S(=O)(=O)/N=C(\CCl)N2CCN(S(=O)(=O)c3ccc(C)cc3)C2c2ccccc2)cc1. The Labute approximate surface area is 211 Å². The number of amidine groups is 1. The molecule has 7 nitrogen and oxygen atoms in total. The van der Waals surface area contributed by atoms with Gasteiger partial charge in [-0.2, -0.15) is 12.7 Å². The van der Waals surface area contributed by atoms with Gasteiger partial charge in [0.1, 0.15) is 12.0 Å². The van der Waals surface area contributed by atoms with E-state index in [2.05, 4.69) is 4.40 Å². The molecule has 1 aliphatic heterocycles. The zero-order valence-corrected chi connectivity index (χ0v) is 21.8. The molecular formula is C25H26ClN3O4S2. The summed E-state index contributed by atoms with van der Waals surface area (Å²) < 4.78 is 58.8. The van der Waals surface area contributed by atoms with Gasteiger partial charge in [0.25, 0.3) is 10.0 Å². The molecule has 0 saturated carbocycles. The summed E-state index contributed by atoms with van der Waals surface area (Å²) in [5.74, 6) is -0.116. The van der Waals surface area contributed by atoms with E-state index in [9.17, 15) is 16.8 Å². The highest BCUT2D eigenvalue weighted by atomic mass is 35.5. The predicted octanol–water partition coefficient (Wildman–Crippen LogP) is 4.33. The Hall–Kier alpha value is -2.72. The van der Waals surface area contributed by atoms with Crippen molar-refractivity contribution in [3.63, 3.8) is 0 Å². The van der Waals surface area contributed by atoms with E-state index in [1.54, 1.807) is 53.4 Å². The topological polar surface area (TPSA) is 87.1 Å². The summed E-state index contributed by atoms with van der Waals surface area (Å²) in [5.41, 5.74) is 2.56. The van der Waals surface area contributed by atoms with E-state index < -0.39 is 26.2 Å². The Morgan fingerprint density at radius 1 is 0.829 bits per heavy atom. The largest absolute Gasteiger partial charge is 0.336 e. The molecule has 1 aliphatic rings. The van der Waals surface area contributed by atoms with Crippen LogP contribution in [-0.2, 0) is 20.0 Å². The highest BCUT2D eigenvalue weighted by Gasteiger charge is 2.42. The van der Waals surface area contributed by atoms with Crippen LogP contribution in [0.2, 0.25) is 0 Å². The average molecular weight is 532 g/mol. The van der Waals surface area contributed by atoms with Gasteiger partial charge in [-0.15, -0.1) is 16.0 Å². The average Bonchev–Trinajstić information content (AvgIpc) is 3.30. The minimum absolute atomic E-state index is 0.0466. The summed E-state index contributed by atoms with van der Waals surface area (Å²) >= 11 is 6.21. The lowest BCUT2D eigenvalue weighted by atomic mass is 10.1. The molecule has 10 heteroatoms. The smallest absolute Gasteiger partial charge is 0.283 e. The molecule has 0 aliphatic carbocycles. The first kappa shape index (κ1) is 25.4. The van der Waals surface area contributed by atoms with Crippen molar-refractivity contribution in [1.82, 2.24) is 9.21 Å². The van der Waals surface area contributed by atoms with Crippen molar-refractivity contribution in [2.45, 2.75) is 29.8 Å². The quantitative estimate of drug-likeness (QED) is 0.268. The summed E-state index contributed by atoms with van der Waals surface area (Å²) in [6, 6.07) is 22.1. The van der Waals surface area contributed by atoms with Gasteiger partial charge in [0.15, 0.2) is 0 Å². The normalized spacial score (nSPS) is 17.6. The van der Waals surface area contributed by atoms with Crippen molar-refractivity contribution < 1.29 is 16.8 Å². The summed E-state index contributed by atoms with van der Waals surface area (Å²) in [4.78, 5) is 1.87. The number of hydrogen-bond acceptors (Lipinski definition) is 4. The van der Waals surface area contributed by atoms with Gasteiger partial charge in [0.05, 0.1) is 15.7 Å². The first-order valence-electron chi connectivity index (χ1n) is 11.0. The Morgan fingerprint density at radius 2 is 1.37 bits per heavy atom. The van der Waals surface area contributed by atoms with Crippen LogP contribution in [0.25, 0.3) is 0 Å². The highest BCUT2D eigenvalue weighted by molar-refractivity contribution is 7.90. The van der Waals surface area contributed by atoms with E-state index >= 15 is 0 Å². The summed E-state index contributed by atoms with van der Waals surface area (Å²) in [5, 5.41) is 0. The van der Waals surface area contributed by atoms with Gasteiger partial charge in [0, 0.05) is 13.1 Å². The third-order valence-electron chi connectivity index (χ3n) is 5.85. The second kappa shape index (κ2) is 10.1. The molecule has 0 N–H and O–H groups in total. The molecule has 4 rings (SSSR count). The van der Waals surface area contributed by atoms with E-state index in [4.69, 9.17) is 11.6 Å². The van der Waals surface area contributed by atoms with Gasteiger partial charge in [0.2, 0.25) is 10.0 Å². The minimum Gasteiger partial charge on any atom is -0.336 e. The number of aryl methyl sites for hydroxylation is 2. The number of benzene rings is 3. The van der Waals surface area contributed by atoms with Crippen LogP contribution in [0.5, 0.6) is 0 Å². The minimum atomic E-state index is -4.05. The standard InChI is InChI=1S/C25H26ClN3O4S2/c1-19-8-12-22(13-9-19)34(30,31)27-24(18-26)28-16-17-29(25(28)21-6-4-3-5-7-21)35(32,33)23-14-10-20(2)11-15-23/h3-15,25H,16-18H2,1-2H3/b27-24+. The van der Waals surface area contributed by atoms with Crippen molar-refractivity contribution in [1.29, 1.82) is 0 Å². The Kier molecular flexibility index (Phi) is 7.32. The first-order valence-corrected chi connectivity index (χ1v) is 14.4. The molecule has 0 spiro atoms. The second-order valence-corrected chi connectivity index (χ2v) is 12.1. The van der Waals surface area contributed by atoms with Gasteiger partial charge in [-0.05, 0) is 43.7 Å². The van der Waals surface area contributed by atoms with Gasteiger partial charge in [-0.25, -0.2) is 8.42 Å². The van der Waals surface area contributed by atoms with E-state index in [1.165, 1.54) is 16.4 Å². The molecule has 0 amide bonds. The molecule has 1 atom stereocenters.